The van der Waals surface area contributed by atoms with Gasteiger partial charge in [0.1, 0.15) is 5.82 Å². The van der Waals surface area contributed by atoms with Gasteiger partial charge in [-0.25, -0.2) is 4.39 Å². The summed E-state index contributed by atoms with van der Waals surface area (Å²) in [7, 11) is 6.21. The molecule has 2 atom stereocenters. The fraction of sp³-hybridized carbons (Fsp3) is 0.345. The number of alkyl halides is 3. The summed E-state index contributed by atoms with van der Waals surface area (Å²) in [5.74, 6) is -0.669. The normalized spacial score (nSPS) is 17.3. The van der Waals surface area contributed by atoms with E-state index in [-0.39, 0.29) is 24.4 Å². The van der Waals surface area contributed by atoms with E-state index in [1.165, 1.54) is 27.4 Å². The standard InChI is InChI=1S/C29H29ClF4N2O4/c1-35(14-17-5-10-22(23(31)11-17)29(32,33)34)24-16-36(15-21(24)18-6-8-20(30)9-7-18)28(37)19-12-25(38-2)27(40-4)26(13-19)39-3/h5-13,21,24H,14-16H2,1-4H3. The Hall–Kier alpha value is -3.50. The van der Waals surface area contributed by atoms with Gasteiger partial charge < -0.3 is 19.1 Å². The Morgan fingerprint density at radius 3 is 2.12 bits per heavy atom. The second kappa shape index (κ2) is 11.9. The lowest BCUT2D eigenvalue weighted by Crippen LogP contribution is -2.38. The van der Waals surface area contributed by atoms with Crippen molar-refractivity contribution in [3.05, 3.63) is 87.7 Å². The minimum absolute atomic E-state index is 0.146. The molecule has 1 fully saturated rings. The van der Waals surface area contributed by atoms with Crippen molar-refractivity contribution < 1.29 is 36.6 Å². The van der Waals surface area contributed by atoms with E-state index >= 15 is 0 Å². The van der Waals surface area contributed by atoms with Crippen molar-refractivity contribution in [3.8, 4) is 17.2 Å². The molecule has 3 aromatic carbocycles. The van der Waals surface area contributed by atoms with Crippen molar-refractivity contribution >= 4 is 17.5 Å². The van der Waals surface area contributed by atoms with Crippen molar-refractivity contribution in [1.29, 1.82) is 0 Å². The van der Waals surface area contributed by atoms with Crippen LogP contribution in [-0.4, -0.2) is 63.2 Å². The molecule has 0 spiro atoms. The Balaban J connectivity index is 1.63. The van der Waals surface area contributed by atoms with Crippen LogP contribution in [0.4, 0.5) is 17.6 Å². The molecule has 0 aliphatic carbocycles. The van der Waals surface area contributed by atoms with Crippen LogP contribution in [0, 0.1) is 5.82 Å². The Morgan fingerprint density at radius 2 is 1.60 bits per heavy atom. The van der Waals surface area contributed by atoms with Gasteiger partial charge in [-0.1, -0.05) is 29.8 Å². The highest BCUT2D eigenvalue weighted by Gasteiger charge is 2.39. The van der Waals surface area contributed by atoms with Gasteiger partial charge in [-0.05, 0) is 54.6 Å². The van der Waals surface area contributed by atoms with Crippen molar-refractivity contribution in [1.82, 2.24) is 9.80 Å². The van der Waals surface area contributed by atoms with E-state index in [9.17, 15) is 22.4 Å². The molecule has 0 aromatic heterocycles. The monoisotopic (exact) mass is 580 g/mol. The molecule has 1 aliphatic heterocycles. The molecule has 1 amide bonds. The molecule has 0 N–H and O–H groups in total. The summed E-state index contributed by atoms with van der Waals surface area (Å²) >= 11 is 6.10. The van der Waals surface area contributed by atoms with Crippen LogP contribution < -0.4 is 14.2 Å². The number of likely N-dealkylation sites (N-methyl/N-ethyl adjacent to an activating group) is 1. The number of halogens is 5. The molecule has 11 heteroatoms. The Labute approximate surface area is 235 Å². The Kier molecular flexibility index (Phi) is 8.80. The van der Waals surface area contributed by atoms with Crippen molar-refractivity contribution in [3.63, 3.8) is 0 Å². The number of benzene rings is 3. The van der Waals surface area contributed by atoms with Crippen molar-refractivity contribution in [2.45, 2.75) is 24.7 Å². The van der Waals surface area contributed by atoms with Gasteiger partial charge in [0.05, 0.1) is 26.9 Å². The zero-order chi connectivity index (χ0) is 29.2. The van der Waals surface area contributed by atoms with Crippen LogP contribution in [-0.2, 0) is 12.7 Å². The Bertz CT molecular complexity index is 1340. The molecule has 0 bridgehead atoms. The molecular weight excluding hydrogens is 552 g/mol. The first-order valence-electron chi connectivity index (χ1n) is 12.4. The van der Waals surface area contributed by atoms with Gasteiger partial charge in [0.2, 0.25) is 5.75 Å². The molecule has 214 valence electrons. The highest BCUT2D eigenvalue weighted by molar-refractivity contribution is 6.30. The van der Waals surface area contributed by atoms with E-state index in [4.69, 9.17) is 25.8 Å². The number of hydrogen-bond donors (Lipinski definition) is 0. The van der Waals surface area contributed by atoms with Crippen LogP contribution in [0.2, 0.25) is 5.02 Å². The predicted molar refractivity (Wildman–Crippen MR) is 143 cm³/mol. The van der Waals surface area contributed by atoms with Crippen LogP contribution in [0.25, 0.3) is 0 Å². The van der Waals surface area contributed by atoms with Crippen LogP contribution in [0.5, 0.6) is 17.2 Å². The minimum atomic E-state index is -4.77. The van der Waals surface area contributed by atoms with Crippen LogP contribution in [0.1, 0.15) is 33.0 Å². The first kappa shape index (κ1) is 29.5. The number of carbonyl (C=O) groups excluding carboxylic acids is 1. The minimum Gasteiger partial charge on any atom is -0.493 e. The SMILES string of the molecule is COc1cc(C(=O)N2CC(c3ccc(Cl)cc3)C(N(C)Cc3ccc(C(F)(F)F)c(F)c3)C2)cc(OC)c1OC. The summed E-state index contributed by atoms with van der Waals surface area (Å²) in [6, 6.07) is 13.2. The molecule has 3 aromatic rings. The van der Waals surface area contributed by atoms with Gasteiger partial charge in [-0.2, -0.15) is 13.2 Å². The van der Waals surface area contributed by atoms with E-state index in [2.05, 4.69) is 0 Å². The maximum atomic E-state index is 14.3. The lowest BCUT2D eigenvalue weighted by molar-refractivity contribution is -0.140. The number of amides is 1. The van der Waals surface area contributed by atoms with Gasteiger partial charge in [-0.3, -0.25) is 9.69 Å². The summed E-state index contributed by atoms with van der Waals surface area (Å²) in [5, 5.41) is 0.567. The number of ether oxygens (including phenoxy) is 3. The highest BCUT2D eigenvalue weighted by Crippen LogP contribution is 2.40. The molecule has 0 saturated carbocycles. The molecule has 1 aliphatic rings. The number of carbonyl (C=O) groups is 1. The van der Waals surface area contributed by atoms with Gasteiger partial charge in [-0.15, -0.1) is 0 Å². The molecule has 4 rings (SSSR count). The molecule has 6 nitrogen and oxygen atoms in total. The van der Waals surface area contributed by atoms with E-state index < -0.39 is 17.6 Å². The smallest absolute Gasteiger partial charge is 0.419 e. The van der Waals surface area contributed by atoms with E-state index in [1.54, 1.807) is 36.2 Å². The van der Waals surface area contributed by atoms with Crippen LogP contribution >= 0.6 is 11.6 Å². The summed E-state index contributed by atoms with van der Waals surface area (Å²) < 4.78 is 69.5. The number of likely N-dealkylation sites (tertiary alicyclic amines) is 1. The lowest BCUT2D eigenvalue weighted by atomic mass is 9.93. The van der Waals surface area contributed by atoms with E-state index in [0.29, 0.717) is 46.5 Å². The summed E-state index contributed by atoms with van der Waals surface area (Å²) in [5.41, 5.74) is 0.371. The zero-order valence-corrected chi connectivity index (χ0v) is 23.1. The third-order valence-electron chi connectivity index (χ3n) is 7.12. The van der Waals surface area contributed by atoms with Crippen molar-refractivity contribution in [2.24, 2.45) is 0 Å². The molecule has 2 unspecified atom stereocenters. The summed E-state index contributed by atoms with van der Waals surface area (Å²) in [4.78, 5) is 17.3. The average Bonchev–Trinajstić information content (AvgIpc) is 3.37. The molecule has 1 saturated heterocycles. The topological polar surface area (TPSA) is 51.2 Å². The van der Waals surface area contributed by atoms with E-state index in [0.717, 1.165) is 17.7 Å². The quantitative estimate of drug-likeness (QED) is 0.294. The van der Waals surface area contributed by atoms with Gasteiger partial charge in [0.25, 0.3) is 5.91 Å². The Morgan fingerprint density at radius 1 is 0.975 bits per heavy atom. The molecule has 0 radical (unpaired) electrons. The number of methoxy groups -OCH3 is 3. The second-order valence-electron chi connectivity index (χ2n) is 9.58. The summed E-state index contributed by atoms with van der Waals surface area (Å²) in [6.07, 6.45) is -4.77. The third-order valence-corrected chi connectivity index (χ3v) is 7.38. The van der Waals surface area contributed by atoms with Crippen molar-refractivity contribution in [2.75, 3.05) is 41.5 Å². The third kappa shape index (κ3) is 6.13. The summed E-state index contributed by atoms with van der Waals surface area (Å²) in [6.45, 7) is 0.867. The predicted octanol–water partition coefficient (Wildman–Crippen LogP) is 6.26. The number of hydrogen-bond acceptors (Lipinski definition) is 5. The molecule has 40 heavy (non-hydrogen) atoms. The maximum absolute atomic E-state index is 14.3. The first-order valence-corrected chi connectivity index (χ1v) is 12.7. The molecular formula is C29H29ClF4N2O4. The zero-order valence-electron chi connectivity index (χ0n) is 22.4. The molecule has 1 heterocycles. The largest absolute Gasteiger partial charge is 0.493 e. The fourth-order valence-electron chi connectivity index (χ4n) is 5.12. The van der Waals surface area contributed by atoms with Gasteiger partial charge >= 0.3 is 6.18 Å². The van der Waals surface area contributed by atoms with Crippen LogP contribution in [0.3, 0.4) is 0 Å². The average molecular weight is 581 g/mol. The van der Waals surface area contributed by atoms with Gasteiger partial charge in [0.15, 0.2) is 11.5 Å². The maximum Gasteiger partial charge on any atom is 0.419 e. The number of rotatable bonds is 8. The number of nitrogens with zero attached hydrogens (tertiary/aromatic N) is 2. The van der Waals surface area contributed by atoms with E-state index in [1.807, 2.05) is 17.0 Å². The second-order valence-corrected chi connectivity index (χ2v) is 10.0. The lowest BCUT2D eigenvalue weighted by Gasteiger charge is -2.29. The highest BCUT2D eigenvalue weighted by atomic mass is 35.5. The van der Waals surface area contributed by atoms with Gasteiger partial charge in [0, 0.05) is 42.2 Å². The first-order chi connectivity index (χ1) is 19.0. The van der Waals surface area contributed by atoms with Crippen LogP contribution in [0.15, 0.2) is 54.6 Å². The fourth-order valence-corrected chi connectivity index (χ4v) is 5.24.